The number of hydrogen-bond acceptors (Lipinski definition) is 3. The summed E-state index contributed by atoms with van der Waals surface area (Å²) in [5, 5.41) is 2.75. The lowest BCUT2D eigenvalue weighted by Crippen LogP contribution is -2.55. The molecular weight excluding hydrogens is 242 g/mol. The highest BCUT2D eigenvalue weighted by Gasteiger charge is 2.29. The molecule has 19 heavy (non-hydrogen) atoms. The zero-order valence-corrected chi connectivity index (χ0v) is 11.1. The van der Waals surface area contributed by atoms with E-state index in [2.05, 4.69) is 5.32 Å². The molecule has 1 aliphatic heterocycles. The standard InChI is InChI=1S/C14H19N3O2/c1-10-13(18)16-8-9-17(10)14(19)12-4-2-11(3-5-12)6-7-15/h2-5,10H,6-9,15H2,1H3,(H,16,18). The molecule has 1 atom stereocenters. The molecule has 1 aromatic rings. The first kappa shape index (κ1) is 13.5. The summed E-state index contributed by atoms with van der Waals surface area (Å²) in [6.45, 7) is 3.41. The quantitative estimate of drug-likeness (QED) is 0.813. The molecule has 0 aromatic heterocycles. The number of amides is 2. The van der Waals surface area contributed by atoms with E-state index in [4.69, 9.17) is 5.73 Å². The first-order valence-electron chi connectivity index (χ1n) is 6.51. The van der Waals surface area contributed by atoms with E-state index in [0.29, 0.717) is 25.2 Å². The van der Waals surface area contributed by atoms with Crippen LogP contribution in [0.4, 0.5) is 0 Å². The monoisotopic (exact) mass is 261 g/mol. The number of carbonyl (C=O) groups is 2. The van der Waals surface area contributed by atoms with Crippen molar-refractivity contribution >= 4 is 11.8 Å². The minimum atomic E-state index is -0.412. The molecule has 0 bridgehead atoms. The predicted molar refractivity (Wildman–Crippen MR) is 72.7 cm³/mol. The van der Waals surface area contributed by atoms with Crippen LogP contribution in [0.5, 0.6) is 0 Å². The number of piperazine rings is 1. The smallest absolute Gasteiger partial charge is 0.254 e. The topological polar surface area (TPSA) is 75.4 Å². The molecule has 0 saturated carbocycles. The second-order valence-electron chi connectivity index (χ2n) is 4.70. The Hall–Kier alpha value is -1.88. The second kappa shape index (κ2) is 5.84. The molecule has 0 spiro atoms. The van der Waals surface area contributed by atoms with E-state index in [1.807, 2.05) is 12.1 Å². The Bertz CT molecular complexity index is 470. The summed E-state index contributed by atoms with van der Waals surface area (Å²) in [6, 6.07) is 7.01. The number of nitrogens with two attached hydrogens (primary N) is 1. The van der Waals surface area contributed by atoms with Crippen LogP contribution in [0, 0.1) is 0 Å². The third-order valence-corrected chi connectivity index (χ3v) is 3.39. The molecule has 0 aliphatic carbocycles. The third kappa shape index (κ3) is 2.93. The Balaban J connectivity index is 2.12. The molecule has 5 heteroatoms. The molecule has 3 N–H and O–H groups in total. The van der Waals surface area contributed by atoms with Crippen molar-refractivity contribution in [3.8, 4) is 0 Å². The lowest BCUT2D eigenvalue weighted by molar-refractivity contribution is -0.127. The van der Waals surface area contributed by atoms with Gasteiger partial charge in [0.05, 0.1) is 0 Å². The van der Waals surface area contributed by atoms with Crippen LogP contribution in [0.25, 0.3) is 0 Å². The van der Waals surface area contributed by atoms with E-state index in [9.17, 15) is 9.59 Å². The maximum absolute atomic E-state index is 12.3. The summed E-state index contributed by atoms with van der Waals surface area (Å²) in [7, 11) is 0. The predicted octanol–water partition coefficient (Wildman–Crippen LogP) is 0.148. The Labute approximate surface area is 112 Å². The summed E-state index contributed by atoms with van der Waals surface area (Å²) < 4.78 is 0. The van der Waals surface area contributed by atoms with Crippen molar-refractivity contribution in [1.29, 1.82) is 0 Å². The third-order valence-electron chi connectivity index (χ3n) is 3.39. The van der Waals surface area contributed by atoms with E-state index in [0.717, 1.165) is 12.0 Å². The van der Waals surface area contributed by atoms with E-state index < -0.39 is 6.04 Å². The van der Waals surface area contributed by atoms with Crippen molar-refractivity contribution in [1.82, 2.24) is 10.2 Å². The fraction of sp³-hybridized carbons (Fsp3) is 0.429. The van der Waals surface area contributed by atoms with Gasteiger partial charge in [-0.25, -0.2) is 0 Å². The molecule has 5 nitrogen and oxygen atoms in total. The maximum Gasteiger partial charge on any atom is 0.254 e. The summed E-state index contributed by atoms with van der Waals surface area (Å²) in [6.07, 6.45) is 0.803. The number of hydrogen-bond donors (Lipinski definition) is 2. The molecule has 1 aromatic carbocycles. The van der Waals surface area contributed by atoms with Crippen molar-refractivity contribution < 1.29 is 9.59 Å². The molecule has 2 amide bonds. The Kier molecular flexibility index (Phi) is 4.16. The van der Waals surface area contributed by atoms with E-state index in [-0.39, 0.29) is 11.8 Å². The fourth-order valence-electron chi connectivity index (χ4n) is 2.21. The molecule has 1 unspecified atom stereocenters. The molecule has 1 saturated heterocycles. The number of rotatable bonds is 3. The highest BCUT2D eigenvalue weighted by Crippen LogP contribution is 2.12. The van der Waals surface area contributed by atoms with Crippen molar-refractivity contribution in [3.05, 3.63) is 35.4 Å². The molecule has 1 fully saturated rings. The Morgan fingerprint density at radius 3 is 2.74 bits per heavy atom. The van der Waals surface area contributed by atoms with Gasteiger partial charge in [-0.2, -0.15) is 0 Å². The largest absolute Gasteiger partial charge is 0.353 e. The normalized spacial score (nSPS) is 19.2. The molecule has 102 valence electrons. The van der Waals surface area contributed by atoms with Crippen molar-refractivity contribution in [3.63, 3.8) is 0 Å². The van der Waals surface area contributed by atoms with Gasteiger partial charge in [0.1, 0.15) is 6.04 Å². The van der Waals surface area contributed by atoms with Crippen molar-refractivity contribution in [2.24, 2.45) is 5.73 Å². The molecule has 1 aliphatic rings. The summed E-state index contributed by atoms with van der Waals surface area (Å²) >= 11 is 0. The van der Waals surface area contributed by atoms with Gasteiger partial charge in [-0.15, -0.1) is 0 Å². The number of carbonyl (C=O) groups excluding carboxylic acids is 2. The highest BCUT2D eigenvalue weighted by atomic mass is 16.2. The Morgan fingerprint density at radius 1 is 1.42 bits per heavy atom. The van der Waals surface area contributed by atoms with Gasteiger partial charge in [0.15, 0.2) is 0 Å². The van der Waals surface area contributed by atoms with Gasteiger partial charge in [0, 0.05) is 18.7 Å². The van der Waals surface area contributed by atoms with Crippen molar-refractivity contribution in [2.75, 3.05) is 19.6 Å². The first-order chi connectivity index (χ1) is 9.13. The van der Waals surface area contributed by atoms with Crippen LogP contribution in [0.1, 0.15) is 22.8 Å². The van der Waals surface area contributed by atoms with Gasteiger partial charge < -0.3 is 16.0 Å². The SMILES string of the molecule is CC1C(=O)NCCN1C(=O)c1ccc(CCN)cc1. The van der Waals surface area contributed by atoms with Crippen LogP contribution in [-0.4, -0.2) is 42.4 Å². The van der Waals surface area contributed by atoms with E-state index >= 15 is 0 Å². The average Bonchev–Trinajstić information content (AvgIpc) is 2.42. The summed E-state index contributed by atoms with van der Waals surface area (Å²) in [5.41, 5.74) is 7.22. The summed E-state index contributed by atoms with van der Waals surface area (Å²) in [5.74, 6) is -0.194. The zero-order valence-electron chi connectivity index (χ0n) is 11.1. The van der Waals surface area contributed by atoms with Gasteiger partial charge in [-0.05, 0) is 37.6 Å². The van der Waals surface area contributed by atoms with E-state index in [1.165, 1.54) is 0 Å². The fourth-order valence-corrected chi connectivity index (χ4v) is 2.21. The second-order valence-corrected chi connectivity index (χ2v) is 4.70. The van der Waals surface area contributed by atoms with Crippen LogP contribution in [0.2, 0.25) is 0 Å². The lowest BCUT2D eigenvalue weighted by Gasteiger charge is -2.32. The highest BCUT2D eigenvalue weighted by molar-refractivity contribution is 5.98. The molecule has 1 heterocycles. The van der Waals surface area contributed by atoms with Crippen molar-refractivity contribution in [2.45, 2.75) is 19.4 Å². The average molecular weight is 261 g/mol. The maximum atomic E-state index is 12.3. The number of benzene rings is 1. The molecular formula is C14H19N3O2. The van der Waals surface area contributed by atoms with Gasteiger partial charge >= 0.3 is 0 Å². The van der Waals surface area contributed by atoms with Gasteiger partial charge in [-0.3, -0.25) is 9.59 Å². The minimum absolute atomic E-state index is 0.0957. The van der Waals surface area contributed by atoms with E-state index in [1.54, 1.807) is 24.0 Å². The van der Waals surface area contributed by atoms with Gasteiger partial charge in [0.25, 0.3) is 5.91 Å². The molecule has 0 radical (unpaired) electrons. The number of nitrogens with one attached hydrogen (secondary N) is 1. The first-order valence-corrected chi connectivity index (χ1v) is 6.51. The lowest BCUT2D eigenvalue weighted by atomic mass is 10.1. The van der Waals surface area contributed by atoms with Crippen LogP contribution in [-0.2, 0) is 11.2 Å². The van der Waals surface area contributed by atoms with Gasteiger partial charge in [0.2, 0.25) is 5.91 Å². The minimum Gasteiger partial charge on any atom is -0.353 e. The Morgan fingerprint density at radius 2 is 2.11 bits per heavy atom. The summed E-state index contributed by atoms with van der Waals surface area (Å²) in [4.78, 5) is 25.5. The zero-order chi connectivity index (χ0) is 13.8. The van der Waals surface area contributed by atoms with Crippen LogP contribution >= 0.6 is 0 Å². The van der Waals surface area contributed by atoms with Gasteiger partial charge in [-0.1, -0.05) is 12.1 Å². The number of nitrogens with zero attached hydrogens (tertiary/aromatic N) is 1. The molecule has 2 rings (SSSR count). The van der Waals surface area contributed by atoms with Crippen LogP contribution in [0.15, 0.2) is 24.3 Å². The van der Waals surface area contributed by atoms with Crippen LogP contribution < -0.4 is 11.1 Å². The van der Waals surface area contributed by atoms with Crippen LogP contribution in [0.3, 0.4) is 0 Å².